The highest BCUT2D eigenvalue weighted by Crippen LogP contribution is 2.77. The van der Waals surface area contributed by atoms with Gasteiger partial charge in [-0.1, -0.05) is 25.7 Å². The van der Waals surface area contributed by atoms with Crippen molar-refractivity contribution in [1.82, 2.24) is 0 Å². The molecule has 3 saturated carbocycles. The van der Waals surface area contributed by atoms with Crippen LogP contribution in [0.15, 0.2) is 0 Å². The van der Waals surface area contributed by atoms with Crippen molar-refractivity contribution in [1.29, 1.82) is 0 Å². The van der Waals surface area contributed by atoms with Gasteiger partial charge >= 0.3 is 0 Å². The van der Waals surface area contributed by atoms with Gasteiger partial charge in [0, 0.05) is 0 Å². The van der Waals surface area contributed by atoms with Gasteiger partial charge in [0.2, 0.25) is 0 Å². The van der Waals surface area contributed by atoms with E-state index in [0.717, 1.165) is 10.8 Å². The van der Waals surface area contributed by atoms with E-state index >= 15 is 0 Å². The van der Waals surface area contributed by atoms with Crippen molar-refractivity contribution in [2.75, 3.05) is 0 Å². The predicted molar refractivity (Wildman–Crippen MR) is 46.4 cm³/mol. The summed E-state index contributed by atoms with van der Waals surface area (Å²) in [6.07, 6.45) is 14.2. The molecule has 3 aliphatic rings. The zero-order valence-corrected chi connectivity index (χ0v) is 7.36. The fraction of sp³-hybridized carbons (Fsp3) is 1.00. The third-order valence-corrected chi connectivity index (χ3v) is 4.80. The summed E-state index contributed by atoms with van der Waals surface area (Å²) in [4.78, 5) is 0. The van der Waals surface area contributed by atoms with Crippen molar-refractivity contribution in [3.05, 3.63) is 0 Å². The largest absolute Gasteiger partial charge is 0.0527 e. The van der Waals surface area contributed by atoms with Gasteiger partial charge in [-0.2, -0.15) is 0 Å². The molecule has 3 fully saturated rings. The summed E-state index contributed by atoms with van der Waals surface area (Å²) in [5, 5.41) is 0. The molecular formula is C11H18. The Morgan fingerprint density at radius 2 is 0.909 bits per heavy atom. The summed E-state index contributed by atoms with van der Waals surface area (Å²) in [5.41, 5.74) is 1.84. The lowest BCUT2D eigenvalue weighted by atomic mass is 9.71. The Balaban J connectivity index is 1.89. The molecule has 0 unspecified atom stereocenters. The van der Waals surface area contributed by atoms with Gasteiger partial charge in [0.05, 0.1) is 0 Å². The summed E-state index contributed by atoms with van der Waals surface area (Å²) in [5.74, 6) is 0. The van der Waals surface area contributed by atoms with Crippen molar-refractivity contribution in [3.63, 3.8) is 0 Å². The normalized spacial score (nSPS) is 54.5. The number of rotatable bonds is 0. The standard InChI is InChI=1S/C11H18/c1-2-6-11-8-4-3-7-10(11,5-1)9-11/h1-9H2. The van der Waals surface area contributed by atoms with Gasteiger partial charge < -0.3 is 0 Å². The molecule has 0 bridgehead atoms. The van der Waals surface area contributed by atoms with E-state index in [-0.39, 0.29) is 0 Å². The van der Waals surface area contributed by atoms with Crippen LogP contribution in [0.5, 0.6) is 0 Å². The lowest BCUT2D eigenvalue weighted by Crippen LogP contribution is -2.22. The monoisotopic (exact) mass is 150 g/mol. The van der Waals surface area contributed by atoms with E-state index in [0.29, 0.717) is 0 Å². The first-order chi connectivity index (χ1) is 5.37. The van der Waals surface area contributed by atoms with Crippen LogP contribution in [0, 0.1) is 10.8 Å². The third kappa shape index (κ3) is 0.666. The summed E-state index contributed by atoms with van der Waals surface area (Å²) in [6.45, 7) is 0. The summed E-state index contributed by atoms with van der Waals surface area (Å²) >= 11 is 0. The van der Waals surface area contributed by atoms with Crippen molar-refractivity contribution < 1.29 is 0 Å². The highest BCUT2D eigenvalue weighted by atomic mass is 14.7. The fourth-order valence-corrected chi connectivity index (χ4v) is 4.12. The van der Waals surface area contributed by atoms with Gasteiger partial charge in [0.15, 0.2) is 0 Å². The highest BCUT2D eigenvalue weighted by molar-refractivity contribution is 5.17. The van der Waals surface area contributed by atoms with Crippen LogP contribution in [0.3, 0.4) is 0 Å². The Kier molecular flexibility index (Phi) is 1.09. The minimum Gasteiger partial charge on any atom is -0.0527 e. The first-order valence-corrected chi connectivity index (χ1v) is 5.37. The lowest BCUT2D eigenvalue weighted by molar-refractivity contribution is 0.171. The zero-order valence-electron chi connectivity index (χ0n) is 7.36. The molecule has 0 atom stereocenters. The van der Waals surface area contributed by atoms with E-state index in [4.69, 9.17) is 0 Å². The topological polar surface area (TPSA) is 0 Å². The van der Waals surface area contributed by atoms with E-state index in [1.165, 1.54) is 0 Å². The lowest BCUT2D eigenvalue weighted by Gasteiger charge is -2.34. The minimum absolute atomic E-state index is 0.920. The molecule has 3 aliphatic carbocycles. The van der Waals surface area contributed by atoms with Crippen molar-refractivity contribution in [3.8, 4) is 0 Å². The van der Waals surface area contributed by atoms with Crippen LogP contribution in [0.2, 0.25) is 0 Å². The summed E-state index contributed by atoms with van der Waals surface area (Å²) < 4.78 is 0. The van der Waals surface area contributed by atoms with Gasteiger partial charge in [-0.3, -0.25) is 0 Å². The van der Waals surface area contributed by atoms with Crippen LogP contribution in [-0.4, -0.2) is 0 Å². The van der Waals surface area contributed by atoms with E-state index < -0.39 is 0 Å². The van der Waals surface area contributed by atoms with Crippen molar-refractivity contribution >= 4 is 0 Å². The molecule has 62 valence electrons. The molecule has 0 nitrogen and oxygen atoms in total. The molecule has 3 rings (SSSR count). The SMILES string of the molecule is C1CCC23CCCCC2(C1)C3. The van der Waals surface area contributed by atoms with Gasteiger partial charge in [0.1, 0.15) is 0 Å². The number of hydrogen-bond acceptors (Lipinski definition) is 0. The smallest absolute Gasteiger partial charge is 0.0235 e. The Bertz CT molecular complexity index is 148. The van der Waals surface area contributed by atoms with E-state index in [2.05, 4.69) is 0 Å². The van der Waals surface area contributed by atoms with Crippen molar-refractivity contribution in [2.45, 2.75) is 57.8 Å². The summed E-state index contributed by atoms with van der Waals surface area (Å²) in [7, 11) is 0. The first-order valence-electron chi connectivity index (χ1n) is 5.37. The maximum atomic E-state index is 1.62. The quantitative estimate of drug-likeness (QED) is 0.495. The molecule has 0 heterocycles. The Labute approximate surface area is 69.4 Å². The van der Waals surface area contributed by atoms with Gasteiger partial charge in [-0.25, -0.2) is 0 Å². The fourth-order valence-electron chi connectivity index (χ4n) is 4.12. The van der Waals surface area contributed by atoms with Gasteiger partial charge in [-0.15, -0.1) is 0 Å². The molecule has 0 heteroatoms. The zero-order chi connectivity index (χ0) is 7.36. The van der Waals surface area contributed by atoms with Gasteiger partial charge in [0.25, 0.3) is 0 Å². The molecular weight excluding hydrogens is 132 g/mol. The molecule has 0 aromatic heterocycles. The molecule has 0 amide bonds. The number of hydrogen-bond donors (Lipinski definition) is 0. The summed E-state index contributed by atoms with van der Waals surface area (Å²) in [6, 6.07) is 0. The second-order valence-corrected chi connectivity index (χ2v) is 5.15. The third-order valence-electron chi connectivity index (χ3n) is 4.80. The molecule has 0 aliphatic heterocycles. The van der Waals surface area contributed by atoms with Crippen LogP contribution in [-0.2, 0) is 0 Å². The Morgan fingerprint density at radius 1 is 0.545 bits per heavy atom. The molecule has 0 spiro atoms. The van der Waals surface area contributed by atoms with Crippen LogP contribution >= 0.6 is 0 Å². The second kappa shape index (κ2) is 1.84. The van der Waals surface area contributed by atoms with Crippen LogP contribution in [0.1, 0.15) is 57.8 Å². The molecule has 0 aromatic rings. The van der Waals surface area contributed by atoms with E-state index in [1.807, 2.05) is 0 Å². The van der Waals surface area contributed by atoms with Crippen LogP contribution in [0.4, 0.5) is 0 Å². The molecule has 0 radical (unpaired) electrons. The average molecular weight is 150 g/mol. The first kappa shape index (κ1) is 6.51. The van der Waals surface area contributed by atoms with E-state index in [1.54, 1.807) is 57.8 Å². The maximum Gasteiger partial charge on any atom is -0.0235 e. The van der Waals surface area contributed by atoms with Crippen molar-refractivity contribution in [2.24, 2.45) is 10.8 Å². The molecule has 0 aromatic carbocycles. The van der Waals surface area contributed by atoms with Crippen LogP contribution in [0.25, 0.3) is 0 Å². The minimum atomic E-state index is 0.920. The molecule has 0 N–H and O–H groups in total. The molecule has 11 heavy (non-hydrogen) atoms. The van der Waals surface area contributed by atoms with E-state index in [9.17, 15) is 0 Å². The van der Waals surface area contributed by atoms with Crippen LogP contribution < -0.4 is 0 Å². The Morgan fingerprint density at radius 3 is 1.27 bits per heavy atom. The predicted octanol–water partition coefficient (Wildman–Crippen LogP) is 3.51. The second-order valence-electron chi connectivity index (χ2n) is 5.15. The highest BCUT2D eigenvalue weighted by Gasteiger charge is 2.66. The molecule has 0 saturated heterocycles. The Hall–Kier alpha value is 0. The van der Waals surface area contributed by atoms with Gasteiger partial charge in [-0.05, 0) is 42.9 Å². The maximum absolute atomic E-state index is 1.62. The average Bonchev–Trinajstić information content (AvgIpc) is 2.72.